The molecule has 2 aromatic rings. The van der Waals surface area contributed by atoms with E-state index < -0.39 is 0 Å². The van der Waals surface area contributed by atoms with Crippen LogP contribution in [0.2, 0.25) is 0 Å². The predicted octanol–water partition coefficient (Wildman–Crippen LogP) is 2.98. The molecule has 0 unspecified atom stereocenters. The van der Waals surface area contributed by atoms with Crippen LogP contribution >= 0.6 is 12.4 Å². The van der Waals surface area contributed by atoms with Crippen LogP contribution in [0.1, 0.15) is 11.1 Å². The summed E-state index contributed by atoms with van der Waals surface area (Å²) in [5, 5.41) is 3.47. The van der Waals surface area contributed by atoms with Gasteiger partial charge in [0.15, 0.2) is 23.0 Å². The summed E-state index contributed by atoms with van der Waals surface area (Å²) in [7, 11) is 0. The Balaban J connectivity index is 0.00000182. The van der Waals surface area contributed by atoms with E-state index in [9.17, 15) is 0 Å². The van der Waals surface area contributed by atoms with Crippen molar-refractivity contribution in [2.75, 3.05) is 33.0 Å². The molecule has 0 fully saturated rings. The third-order valence-electron chi connectivity index (χ3n) is 4.16. The van der Waals surface area contributed by atoms with Gasteiger partial charge in [-0.3, -0.25) is 0 Å². The molecule has 0 saturated carbocycles. The highest BCUT2D eigenvalue weighted by Gasteiger charge is 2.15. The molecule has 2 aromatic carbocycles. The first kappa shape index (κ1) is 17.7. The number of hydrogen-bond donors (Lipinski definition) is 1. The Labute approximate surface area is 153 Å². The van der Waals surface area contributed by atoms with Gasteiger partial charge >= 0.3 is 0 Å². The maximum Gasteiger partial charge on any atom is 0.165 e. The van der Waals surface area contributed by atoms with Crippen LogP contribution < -0.4 is 24.3 Å². The van der Waals surface area contributed by atoms with Gasteiger partial charge in [0, 0.05) is 12.1 Å². The maximum atomic E-state index is 5.74. The summed E-state index contributed by atoms with van der Waals surface area (Å²) in [6, 6.07) is 12.2. The zero-order chi connectivity index (χ0) is 16.2. The Kier molecular flexibility index (Phi) is 5.89. The van der Waals surface area contributed by atoms with Crippen molar-refractivity contribution in [3.8, 4) is 23.0 Å². The van der Waals surface area contributed by atoms with E-state index in [2.05, 4.69) is 23.5 Å². The Bertz CT molecular complexity index is 723. The lowest BCUT2D eigenvalue weighted by Crippen LogP contribution is -2.20. The smallest absolute Gasteiger partial charge is 0.165 e. The zero-order valence-electron chi connectivity index (χ0n) is 14.0. The average molecular weight is 364 g/mol. The Morgan fingerprint density at radius 1 is 0.800 bits per heavy atom. The molecule has 2 aliphatic heterocycles. The topological polar surface area (TPSA) is 49.0 Å². The van der Waals surface area contributed by atoms with Crippen LogP contribution in [0.25, 0.3) is 0 Å². The second-order valence-electron chi connectivity index (χ2n) is 5.85. The zero-order valence-corrected chi connectivity index (χ0v) is 14.8. The van der Waals surface area contributed by atoms with Gasteiger partial charge in [-0.15, -0.1) is 12.4 Å². The fraction of sp³-hybridized carbons (Fsp3) is 0.368. The summed E-state index contributed by atoms with van der Waals surface area (Å²) in [5.74, 6) is 3.40. The molecule has 25 heavy (non-hydrogen) atoms. The monoisotopic (exact) mass is 363 g/mol. The average Bonchev–Trinajstić information content (AvgIpc) is 2.65. The molecule has 6 heteroatoms. The lowest BCUT2D eigenvalue weighted by Gasteiger charge is -2.21. The van der Waals surface area contributed by atoms with Crippen LogP contribution in [-0.4, -0.2) is 33.0 Å². The predicted molar refractivity (Wildman–Crippen MR) is 97.5 cm³/mol. The van der Waals surface area contributed by atoms with Crippen LogP contribution in [0, 0.1) is 0 Å². The van der Waals surface area contributed by atoms with Gasteiger partial charge in [-0.1, -0.05) is 18.2 Å². The van der Waals surface area contributed by atoms with Gasteiger partial charge in [0.25, 0.3) is 0 Å². The molecule has 0 aliphatic carbocycles. The van der Waals surface area contributed by atoms with Crippen molar-refractivity contribution in [3.63, 3.8) is 0 Å². The number of rotatable bonds is 5. The van der Waals surface area contributed by atoms with Crippen LogP contribution in [0.4, 0.5) is 0 Å². The molecule has 134 valence electrons. The summed E-state index contributed by atoms with van der Waals surface area (Å²) >= 11 is 0. The highest BCUT2D eigenvalue weighted by molar-refractivity contribution is 5.85. The molecule has 0 spiro atoms. The first-order valence-electron chi connectivity index (χ1n) is 8.37. The van der Waals surface area contributed by atoms with Gasteiger partial charge in [-0.2, -0.15) is 0 Å². The molecule has 0 atom stereocenters. The van der Waals surface area contributed by atoms with E-state index in [-0.39, 0.29) is 12.4 Å². The number of para-hydroxylation sites is 1. The van der Waals surface area contributed by atoms with Crippen molar-refractivity contribution in [3.05, 3.63) is 47.5 Å². The summed E-state index contributed by atoms with van der Waals surface area (Å²) < 4.78 is 22.5. The first-order chi connectivity index (χ1) is 11.9. The fourth-order valence-corrected chi connectivity index (χ4v) is 2.97. The van der Waals surface area contributed by atoms with Gasteiger partial charge in [0.05, 0.1) is 0 Å². The molecule has 0 aromatic heterocycles. The summed E-state index contributed by atoms with van der Waals surface area (Å²) in [5.41, 5.74) is 2.37. The maximum absolute atomic E-state index is 5.74. The fourth-order valence-electron chi connectivity index (χ4n) is 2.97. The van der Waals surface area contributed by atoms with Crippen molar-refractivity contribution < 1.29 is 18.9 Å². The lowest BCUT2D eigenvalue weighted by molar-refractivity contribution is 0.169. The molecular formula is C19H22ClNO4. The van der Waals surface area contributed by atoms with Crippen molar-refractivity contribution in [1.82, 2.24) is 5.32 Å². The van der Waals surface area contributed by atoms with E-state index in [1.807, 2.05) is 18.2 Å². The number of ether oxygens (including phenoxy) is 4. The SMILES string of the molecule is Cl.c1cc(CNCCc2ccc3c(c2)OCCO3)c2c(c1)OCCO2. The normalized spacial score (nSPS) is 14.6. The number of nitrogens with one attached hydrogen (secondary N) is 1. The molecule has 0 radical (unpaired) electrons. The van der Waals surface area contributed by atoms with Crippen molar-refractivity contribution >= 4 is 12.4 Å². The second kappa shape index (κ2) is 8.32. The van der Waals surface area contributed by atoms with Crippen LogP contribution in [0.3, 0.4) is 0 Å². The molecular weight excluding hydrogens is 342 g/mol. The minimum absolute atomic E-state index is 0. The lowest BCUT2D eigenvalue weighted by atomic mass is 10.1. The van der Waals surface area contributed by atoms with Gasteiger partial charge in [-0.05, 0) is 36.7 Å². The second-order valence-corrected chi connectivity index (χ2v) is 5.85. The van der Waals surface area contributed by atoms with E-state index in [0.717, 1.165) is 48.1 Å². The molecule has 1 N–H and O–H groups in total. The molecule has 0 saturated heterocycles. The number of benzene rings is 2. The molecule has 4 rings (SSSR count). The first-order valence-corrected chi connectivity index (χ1v) is 8.37. The highest BCUT2D eigenvalue weighted by Crippen LogP contribution is 2.33. The van der Waals surface area contributed by atoms with Crippen LogP contribution in [0.15, 0.2) is 36.4 Å². The number of fused-ring (bicyclic) bond motifs is 2. The Morgan fingerprint density at radius 3 is 2.44 bits per heavy atom. The largest absolute Gasteiger partial charge is 0.486 e. The van der Waals surface area contributed by atoms with Gasteiger partial charge in [-0.25, -0.2) is 0 Å². The molecule has 0 bridgehead atoms. The van der Waals surface area contributed by atoms with Gasteiger partial charge < -0.3 is 24.3 Å². The molecule has 5 nitrogen and oxygen atoms in total. The minimum Gasteiger partial charge on any atom is -0.486 e. The number of hydrogen-bond acceptors (Lipinski definition) is 5. The summed E-state index contributed by atoms with van der Waals surface area (Å²) in [6.45, 7) is 4.12. The Hall–Kier alpha value is -2.11. The van der Waals surface area contributed by atoms with Crippen LogP contribution in [-0.2, 0) is 13.0 Å². The number of halogens is 1. The Morgan fingerprint density at radius 2 is 1.56 bits per heavy atom. The van der Waals surface area contributed by atoms with E-state index in [0.29, 0.717) is 26.4 Å². The molecule has 2 aliphatic rings. The van der Waals surface area contributed by atoms with E-state index >= 15 is 0 Å². The molecule has 0 amide bonds. The van der Waals surface area contributed by atoms with Crippen molar-refractivity contribution in [2.45, 2.75) is 13.0 Å². The summed E-state index contributed by atoms with van der Waals surface area (Å²) in [6.07, 6.45) is 0.934. The quantitative estimate of drug-likeness (QED) is 0.828. The highest BCUT2D eigenvalue weighted by atomic mass is 35.5. The van der Waals surface area contributed by atoms with Crippen LogP contribution in [0.5, 0.6) is 23.0 Å². The third kappa shape index (κ3) is 4.11. The molecule has 2 heterocycles. The van der Waals surface area contributed by atoms with Gasteiger partial charge in [0.1, 0.15) is 26.4 Å². The summed E-state index contributed by atoms with van der Waals surface area (Å²) in [4.78, 5) is 0. The minimum atomic E-state index is 0. The standard InChI is InChI=1S/C19H21NO4.ClH/c1-2-15(19-17(3-1)22-10-11-24-19)13-20-7-6-14-4-5-16-18(12-14)23-9-8-21-16;/h1-5,12,20H,6-11,13H2;1H. The van der Waals surface area contributed by atoms with E-state index in [1.165, 1.54) is 5.56 Å². The van der Waals surface area contributed by atoms with Crippen molar-refractivity contribution in [2.24, 2.45) is 0 Å². The van der Waals surface area contributed by atoms with Crippen molar-refractivity contribution in [1.29, 1.82) is 0 Å². The van der Waals surface area contributed by atoms with Gasteiger partial charge in [0.2, 0.25) is 0 Å². The van der Waals surface area contributed by atoms with E-state index in [1.54, 1.807) is 0 Å². The van der Waals surface area contributed by atoms with E-state index in [4.69, 9.17) is 18.9 Å². The third-order valence-corrected chi connectivity index (χ3v) is 4.16.